The molecule has 0 radical (unpaired) electrons. The van der Waals surface area contributed by atoms with Gasteiger partial charge in [-0.3, -0.25) is 14.9 Å². The van der Waals surface area contributed by atoms with Crippen LogP contribution in [0.25, 0.3) is 6.08 Å². The molecule has 3 rings (SSSR count). The largest absolute Gasteiger partial charge is 0.493 e. The molecular formula is C22H21BrN2O5. The molecular weight excluding hydrogens is 452 g/mol. The van der Waals surface area contributed by atoms with E-state index in [4.69, 9.17) is 9.47 Å². The van der Waals surface area contributed by atoms with Gasteiger partial charge in [-0.2, -0.15) is 0 Å². The summed E-state index contributed by atoms with van der Waals surface area (Å²) in [6, 6.07) is 7.94. The standard InChI is InChI=1S/C22H21BrN2O5/c1-5-30-19-10-14(17(23)11-18(19)29-4)9-16-20(26)24-22(28)25(21(16)27)15-7-12(2)6-13(3)8-15/h6-11H,5H2,1-4H3,(H,24,26,28)/b16-9+. The van der Waals surface area contributed by atoms with Crippen LogP contribution in [0.3, 0.4) is 0 Å². The lowest BCUT2D eigenvalue weighted by atomic mass is 10.0. The number of nitrogens with one attached hydrogen (secondary N) is 1. The molecule has 4 amide bonds. The number of aryl methyl sites for hydroxylation is 2. The van der Waals surface area contributed by atoms with E-state index in [0.29, 0.717) is 33.8 Å². The minimum absolute atomic E-state index is 0.165. The van der Waals surface area contributed by atoms with E-state index in [0.717, 1.165) is 16.0 Å². The fraction of sp³-hybridized carbons (Fsp3) is 0.227. The van der Waals surface area contributed by atoms with E-state index in [2.05, 4.69) is 21.2 Å². The van der Waals surface area contributed by atoms with E-state index < -0.39 is 17.8 Å². The Kier molecular flexibility index (Phi) is 6.26. The molecule has 0 aromatic heterocycles. The molecule has 0 atom stereocenters. The molecule has 1 saturated heterocycles. The van der Waals surface area contributed by atoms with E-state index in [1.165, 1.54) is 13.2 Å². The van der Waals surface area contributed by atoms with Crippen molar-refractivity contribution >= 4 is 45.5 Å². The summed E-state index contributed by atoms with van der Waals surface area (Å²) in [5, 5.41) is 2.24. The number of carbonyl (C=O) groups is 3. The zero-order valence-electron chi connectivity index (χ0n) is 17.0. The van der Waals surface area contributed by atoms with Crippen LogP contribution in [0.4, 0.5) is 10.5 Å². The number of hydrogen-bond donors (Lipinski definition) is 1. The number of rotatable bonds is 5. The van der Waals surface area contributed by atoms with Gasteiger partial charge in [0.05, 0.1) is 19.4 Å². The number of amides is 4. The van der Waals surface area contributed by atoms with Crippen LogP contribution in [-0.2, 0) is 9.59 Å². The molecule has 1 N–H and O–H groups in total. The highest BCUT2D eigenvalue weighted by molar-refractivity contribution is 9.10. The summed E-state index contributed by atoms with van der Waals surface area (Å²) in [6.45, 7) is 6.00. The first-order valence-electron chi connectivity index (χ1n) is 9.25. The molecule has 0 spiro atoms. The molecule has 0 bridgehead atoms. The third-order valence-electron chi connectivity index (χ3n) is 4.45. The van der Waals surface area contributed by atoms with Gasteiger partial charge in [0.15, 0.2) is 11.5 Å². The molecule has 156 valence electrons. The average molecular weight is 473 g/mol. The van der Waals surface area contributed by atoms with Crippen LogP contribution < -0.4 is 19.7 Å². The fourth-order valence-electron chi connectivity index (χ4n) is 3.22. The quantitative estimate of drug-likeness (QED) is 0.521. The Bertz CT molecular complexity index is 1060. The number of benzene rings is 2. The second-order valence-electron chi connectivity index (χ2n) is 6.76. The average Bonchev–Trinajstić information content (AvgIpc) is 2.66. The summed E-state index contributed by atoms with van der Waals surface area (Å²) in [5.41, 5.74) is 2.56. The first-order chi connectivity index (χ1) is 14.2. The molecule has 1 aliphatic heterocycles. The number of barbiturate groups is 1. The van der Waals surface area contributed by atoms with Gasteiger partial charge in [0.2, 0.25) is 0 Å². The Balaban J connectivity index is 2.08. The topological polar surface area (TPSA) is 84.9 Å². The lowest BCUT2D eigenvalue weighted by Crippen LogP contribution is -2.54. The maximum Gasteiger partial charge on any atom is 0.335 e. The molecule has 0 unspecified atom stereocenters. The second kappa shape index (κ2) is 8.71. The molecule has 0 saturated carbocycles. The first kappa shape index (κ1) is 21.6. The molecule has 1 heterocycles. The van der Waals surface area contributed by atoms with Gasteiger partial charge in [0.1, 0.15) is 5.57 Å². The number of hydrogen-bond acceptors (Lipinski definition) is 5. The zero-order chi connectivity index (χ0) is 22.0. The number of imide groups is 2. The summed E-state index contributed by atoms with van der Waals surface area (Å²) in [4.78, 5) is 39.0. The van der Waals surface area contributed by atoms with Gasteiger partial charge >= 0.3 is 6.03 Å². The highest BCUT2D eigenvalue weighted by Crippen LogP contribution is 2.35. The van der Waals surface area contributed by atoms with Crippen LogP contribution in [0.1, 0.15) is 23.6 Å². The number of methoxy groups -OCH3 is 1. The van der Waals surface area contributed by atoms with Gasteiger partial charge in [-0.15, -0.1) is 0 Å². The minimum Gasteiger partial charge on any atom is -0.493 e. The van der Waals surface area contributed by atoms with Crippen molar-refractivity contribution in [1.82, 2.24) is 5.32 Å². The smallest absolute Gasteiger partial charge is 0.335 e. The van der Waals surface area contributed by atoms with Crippen molar-refractivity contribution < 1.29 is 23.9 Å². The number of ether oxygens (including phenoxy) is 2. The van der Waals surface area contributed by atoms with Crippen molar-refractivity contribution in [2.24, 2.45) is 0 Å². The molecule has 2 aromatic rings. The van der Waals surface area contributed by atoms with E-state index in [-0.39, 0.29) is 5.57 Å². The van der Waals surface area contributed by atoms with Crippen LogP contribution in [0.5, 0.6) is 11.5 Å². The number of nitrogens with zero attached hydrogens (tertiary/aromatic N) is 1. The summed E-state index contributed by atoms with van der Waals surface area (Å²) >= 11 is 3.43. The Morgan fingerprint density at radius 3 is 2.30 bits per heavy atom. The molecule has 2 aromatic carbocycles. The fourth-order valence-corrected chi connectivity index (χ4v) is 3.65. The predicted octanol–water partition coefficient (Wildman–Crippen LogP) is 4.14. The number of carbonyl (C=O) groups excluding carboxylic acids is 3. The molecule has 1 aliphatic rings. The lowest BCUT2D eigenvalue weighted by molar-refractivity contribution is -0.122. The Morgan fingerprint density at radius 1 is 1.03 bits per heavy atom. The maximum atomic E-state index is 13.1. The van der Waals surface area contributed by atoms with E-state index in [1.54, 1.807) is 24.3 Å². The third kappa shape index (κ3) is 4.23. The number of anilines is 1. The SMILES string of the molecule is CCOc1cc(/C=C2\C(=O)NC(=O)N(c3cc(C)cc(C)c3)C2=O)c(Br)cc1OC. The van der Waals surface area contributed by atoms with Crippen LogP contribution in [0.15, 0.2) is 40.4 Å². The monoisotopic (exact) mass is 472 g/mol. The van der Waals surface area contributed by atoms with E-state index in [1.807, 2.05) is 26.8 Å². The molecule has 7 nitrogen and oxygen atoms in total. The van der Waals surface area contributed by atoms with Crippen molar-refractivity contribution in [3.8, 4) is 11.5 Å². The summed E-state index contributed by atoms with van der Waals surface area (Å²) < 4.78 is 11.5. The van der Waals surface area contributed by atoms with E-state index >= 15 is 0 Å². The van der Waals surface area contributed by atoms with Crippen LogP contribution in [0.2, 0.25) is 0 Å². The van der Waals surface area contributed by atoms with Gasteiger partial charge < -0.3 is 9.47 Å². The van der Waals surface area contributed by atoms with Crippen LogP contribution in [0, 0.1) is 13.8 Å². The Morgan fingerprint density at radius 2 is 1.70 bits per heavy atom. The van der Waals surface area contributed by atoms with E-state index in [9.17, 15) is 14.4 Å². The number of urea groups is 1. The normalized spacial score (nSPS) is 15.4. The highest BCUT2D eigenvalue weighted by atomic mass is 79.9. The van der Waals surface area contributed by atoms with Gasteiger partial charge in [0.25, 0.3) is 11.8 Å². The summed E-state index contributed by atoms with van der Waals surface area (Å²) in [5.74, 6) is -0.473. The zero-order valence-corrected chi connectivity index (χ0v) is 18.6. The highest BCUT2D eigenvalue weighted by Gasteiger charge is 2.37. The maximum absolute atomic E-state index is 13.1. The molecule has 0 aliphatic carbocycles. The van der Waals surface area contributed by atoms with Crippen LogP contribution in [-0.4, -0.2) is 31.6 Å². The van der Waals surface area contributed by atoms with Gasteiger partial charge in [-0.1, -0.05) is 22.0 Å². The van der Waals surface area contributed by atoms with Crippen molar-refractivity contribution in [2.45, 2.75) is 20.8 Å². The van der Waals surface area contributed by atoms with Crippen molar-refractivity contribution in [3.05, 3.63) is 57.1 Å². The minimum atomic E-state index is -0.782. The van der Waals surface area contributed by atoms with Crippen molar-refractivity contribution in [2.75, 3.05) is 18.6 Å². The van der Waals surface area contributed by atoms with Crippen molar-refractivity contribution in [1.29, 1.82) is 0 Å². The summed E-state index contributed by atoms with van der Waals surface area (Å²) in [6.07, 6.45) is 1.42. The van der Waals surface area contributed by atoms with Gasteiger partial charge in [0, 0.05) is 4.47 Å². The molecule has 30 heavy (non-hydrogen) atoms. The van der Waals surface area contributed by atoms with Gasteiger partial charge in [-0.25, -0.2) is 9.69 Å². The van der Waals surface area contributed by atoms with Crippen molar-refractivity contribution in [3.63, 3.8) is 0 Å². The third-order valence-corrected chi connectivity index (χ3v) is 5.14. The Labute approximate surface area is 182 Å². The Hall–Kier alpha value is -3.13. The number of halogens is 1. The molecule has 1 fully saturated rings. The lowest BCUT2D eigenvalue weighted by Gasteiger charge is -2.27. The molecule has 8 heteroatoms. The van der Waals surface area contributed by atoms with Gasteiger partial charge in [-0.05, 0) is 67.8 Å². The second-order valence-corrected chi connectivity index (χ2v) is 7.62. The predicted molar refractivity (Wildman–Crippen MR) is 117 cm³/mol. The van der Waals surface area contributed by atoms with Crippen LogP contribution >= 0.6 is 15.9 Å². The summed E-state index contributed by atoms with van der Waals surface area (Å²) in [7, 11) is 1.52. The first-order valence-corrected chi connectivity index (χ1v) is 10.0.